The summed E-state index contributed by atoms with van der Waals surface area (Å²) >= 11 is 3.52. The van der Waals surface area contributed by atoms with Gasteiger partial charge in [-0.15, -0.1) is 0 Å². The lowest BCUT2D eigenvalue weighted by Gasteiger charge is -2.16. The molecule has 21 heavy (non-hydrogen) atoms. The van der Waals surface area contributed by atoms with E-state index in [1.165, 1.54) is 5.56 Å². The van der Waals surface area contributed by atoms with Crippen LogP contribution in [0.5, 0.6) is 0 Å². The molecule has 1 atom stereocenters. The van der Waals surface area contributed by atoms with Crippen LogP contribution in [0.2, 0.25) is 0 Å². The fourth-order valence-electron chi connectivity index (χ4n) is 2.69. The molecule has 0 heterocycles. The van der Waals surface area contributed by atoms with E-state index in [-0.39, 0.29) is 5.91 Å². The molecule has 0 spiro atoms. The lowest BCUT2D eigenvalue weighted by atomic mass is 9.94. The fraction of sp³-hybridized carbons (Fsp3) is 0.588. The third kappa shape index (κ3) is 6.18. The monoisotopic (exact) mass is 354 g/mol. The minimum absolute atomic E-state index is 0.0841. The van der Waals surface area contributed by atoms with Crippen LogP contribution < -0.4 is 11.1 Å². The summed E-state index contributed by atoms with van der Waals surface area (Å²) in [6.45, 7) is 6.94. The number of carbonyl (C=O) groups is 1. The van der Waals surface area contributed by atoms with Gasteiger partial charge in [0.1, 0.15) is 0 Å². The number of hydrogen-bond acceptors (Lipinski definition) is 2. The van der Waals surface area contributed by atoms with Gasteiger partial charge in [-0.05, 0) is 72.3 Å². The van der Waals surface area contributed by atoms with Gasteiger partial charge in [-0.25, -0.2) is 0 Å². The molecular formula is C17H27BrN2O. The van der Waals surface area contributed by atoms with Crippen LogP contribution in [-0.2, 0) is 4.79 Å². The molecule has 0 aliphatic heterocycles. The molecule has 1 unspecified atom stereocenters. The van der Waals surface area contributed by atoms with E-state index in [4.69, 9.17) is 5.73 Å². The number of halogens is 1. The lowest BCUT2D eigenvalue weighted by molar-refractivity contribution is -0.116. The van der Waals surface area contributed by atoms with Crippen molar-refractivity contribution < 1.29 is 4.79 Å². The highest BCUT2D eigenvalue weighted by molar-refractivity contribution is 9.10. The molecule has 0 saturated carbocycles. The van der Waals surface area contributed by atoms with Gasteiger partial charge in [0.05, 0.1) is 5.69 Å². The molecule has 0 saturated heterocycles. The summed E-state index contributed by atoms with van der Waals surface area (Å²) in [7, 11) is 0. The Labute approximate surface area is 136 Å². The van der Waals surface area contributed by atoms with E-state index in [1.807, 2.05) is 19.9 Å². The normalized spacial score (nSPS) is 12.2. The second-order valence-electron chi connectivity index (χ2n) is 5.76. The number of carbonyl (C=O) groups excluding carboxylic acids is 1. The van der Waals surface area contributed by atoms with Crippen molar-refractivity contribution in [2.75, 3.05) is 11.9 Å². The topological polar surface area (TPSA) is 55.1 Å². The number of amides is 1. The molecule has 1 aromatic rings. The summed E-state index contributed by atoms with van der Waals surface area (Å²) < 4.78 is 0.945. The molecule has 1 rings (SSSR count). The Morgan fingerprint density at radius 2 is 2.00 bits per heavy atom. The average molecular weight is 355 g/mol. The summed E-state index contributed by atoms with van der Waals surface area (Å²) in [6.07, 6.45) is 4.78. The second kappa shape index (κ2) is 9.21. The van der Waals surface area contributed by atoms with Crippen molar-refractivity contribution in [3.63, 3.8) is 0 Å². The number of nitrogens with one attached hydrogen (secondary N) is 1. The SMILES string of the molecule is CCCC(CCN)CCC(=O)Nc1c(C)cc(C)cc1Br. The highest BCUT2D eigenvalue weighted by atomic mass is 79.9. The zero-order valence-electron chi connectivity index (χ0n) is 13.3. The van der Waals surface area contributed by atoms with E-state index < -0.39 is 0 Å². The third-order valence-electron chi connectivity index (χ3n) is 3.75. The Morgan fingerprint density at radius 1 is 1.29 bits per heavy atom. The number of anilines is 1. The summed E-state index contributed by atoms with van der Waals surface area (Å²) in [5, 5.41) is 3.03. The Hall–Kier alpha value is -0.870. The van der Waals surface area contributed by atoms with Crippen LogP contribution in [0.3, 0.4) is 0 Å². The molecule has 0 radical (unpaired) electrons. The standard InChI is InChI=1S/C17H27BrN2O/c1-4-5-14(8-9-19)6-7-16(21)20-17-13(3)10-12(2)11-15(17)18/h10-11,14H,4-9,19H2,1-3H3,(H,20,21). The molecule has 0 fully saturated rings. The quantitative estimate of drug-likeness (QED) is 0.719. The van der Waals surface area contributed by atoms with Gasteiger partial charge >= 0.3 is 0 Å². The fourth-order valence-corrected chi connectivity index (χ4v) is 3.46. The number of benzene rings is 1. The zero-order chi connectivity index (χ0) is 15.8. The van der Waals surface area contributed by atoms with Crippen LogP contribution in [0.1, 0.15) is 50.2 Å². The van der Waals surface area contributed by atoms with E-state index in [0.29, 0.717) is 18.9 Å². The van der Waals surface area contributed by atoms with Crippen molar-refractivity contribution in [3.8, 4) is 0 Å². The number of nitrogens with two attached hydrogens (primary N) is 1. The Morgan fingerprint density at radius 3 is 2.57 bits per heavy atom. The Balaban J connectivity index is 2.57. The van der Waals surface area contributed by atoms with Gasteiger partial charge in [0, 0.05) is 10.9 Å². The van der Waals surface area contributed by atoms with Gasteiger partial charge in [0.2, 0.25) is 5.91 Å². The van der Waals surface area contributed by atoms with E-state index in [9.17, 15) is 4.79 Å². The smallest absolute Gasteiger partial charge is 0.224 e. The minimum Gasteiger partial charge on any atom is -0.330 e. The summed E-state index contributed by atoms with van der Waals surface area (Å²) in [6, 6.07) is 4.10. The van der Waals surface area contributed by atoms with Gasteiger partial charge in [0.15, 0.2) is 0 Å². The van der Waals surface area contributed by atoms with E-state index >= 15 is 0 Å². The number of hydrogen-bond donors (Lipinski definition) is 2. The molecule has 3 nitrogen and oxygen atoms in total. The minimum atomic E-state index is 0.0841. The first-order valence-electron chi connectivity index (χ1n) is 7.74. The molecule has 1 aromatic carbocycles. The molecule has 4 heteroatoms. The van der Waals surface area contributed by atoms with Gasteiger partial charge in [-0.2, -0.15) is 0 Å². The van der Waals surface area contributed by atoms with Crippen molar-refractivity contribution >= 4 is 27.5 Å². The zero-order valence-corrected chi connectivity index (χ0v) is 14.9. The van der Waals surface area contributed by atoms with E-state index in [2.05, 4.69) is 34.2 Å². The highest BCUT2D eigenvalue weighted by Crippen LogP contribution is 2.28. The molecule has 1 amide bonds. The average Bonchev–Trinajstić information content (AvgIpc) is 2.40. The van der Waals surface area contributed by atoms with Crippen LogP contribution in [-0.4, -0.2) is 12.5 Å². The molecule has 0 bridgehead atoms. The van der Waals surface area contributed by atoms with Crippen molar-refractivity contribution in [1.82, 2.24) is 0 Å². The molecule has 0 aliphatic carbocycles. The predicted molar refractivity (Wildman–Crippen MR) is 93.5 cm³/mol. The van der Waals surface area contributed by atoms with E-state index in [1.54, 1.807) is 0 Å². The molecule has 0 aliphatic rings. The van der Waals surface area contributed by atoms with Crippen LogP contribution in [0, 0.1) is 19.8 Å². The lowest BCUT2D eigenvalue weighted by Crippen LogP contribution is -2.16. The van der Waals surface area contributed by atoms with Crippen LogP contribution in [0.25, 0.3) is 0 Å². The van der Waals surface area contributed by atoms with Gasteiger partial charge < -0.3 is 11.1 Å². The Kier molecular flexibility index (Phi) is 7.97. The van der Waals surface area contributed by atoms with Gasteiger partial charge in [-0.3, -0.25) is 4.79 Å². The maximum atomic E-state index is 12.2. The van der Waals surface area contributed by atoms with Gasteiger partial charge in [0.25, 0.3) is 0 Å². The number of rotatable bonds is 8. The molecule has 0 aromatic heterocycles. The van der Waals surface area contributed by atoms with Crippen LogP contribution in [0.15, 0.2) is 16.6 Å². The van der Waals surface area contributed by atoms with Crippen molar-refractivity contribution in [3.05, 3.63) is 27.7 Å². The van der Waals surface area contributed by atoms with E-state index in [0.717, 1.165) is 41.4 Å². The van der Waals surface area contributed by atoms with Crippen molar-refractivity contribution in [2.45, 2.75) is 52.9 Å². The van der Waals surface area contributed by atoms with Crippen LogP contribution in [0.4, 0.5) is 5.69 Å². The maximum absolute atomic E-state index is 12.2. The third-order valence-corrected chi connectivity index (χ3v) is 4.37. The second-order valence-corrected chi connectivity index (χ2v) is 6.61. The Bertz CT molecular complexity index is 445. The first kappa shape index (κ1) is 18.2. The summed E-state index contributed by atoms with van der Waals surface area (Å²) in [4.78, 5) is 12.2. The highest BCUT2D eigenvalue weighted by Gasteiger charge is 2.12. The maximum Gasteiger partial charge on any atom is 0.224 e. The number of aryl methyl sites for hydroxylation is 2. The molecule has 3 N–H and O–H groups in total. The van der Waals surface area contributed by atoms with Crippen LogP contribution >= 0.6 is 15.9 Å². The first-order valence-corrected chi connectivity index (χ1v) is 8.53. The summed E-state index contributed by atoms with van der Waals surface area (Å²) in [5.41, 5.74) is 8.79. The predicted octanol–water partition coefficient (Wildman–Crippen LogP) is 4.55. The molecule has 118 valence electrons. The van der Waals surface area contributed by atoms with Crippen molar-refractivity contribution in [2.24, 2.45) is 11.7 Å². The van der Waals surface area contributed by atoms with Crippen molar-refractivity contribution in [1.29, 1.82) is 0 Å². The molecular weight excluding hydrogens is 328 g/mol. The first-order chi connectivity index (χ1) is 9.97. The van der Waals surface area contributed by atoms with Gasteiger partial charge in [-0.1, -0.05) is 25.8 Å². The summed E-state index contributed by atoms with van der Waals surface area (Å²) in [5.74, 6) is 0.647. The largest absolute Gasteiger partial charge is 0.330 e.